The van der Waals surface area contributed by atoms with E-state index in [1.165, 1.54) is 57.8 Å². The molecule has 1 N–H and O–H groups in total. The predicted octanol–water partition coefficient (Wildman–Crippen LogP) is 6.91. The molecule has 187 valence electrons. The Kier molecular flexibility index (Phi) is 9.22. The quantitative estimate of drug-likeness (QED) is 0.310. The second kappa shape index (κ2) is 10.7. The molecule has 1 radical (unpaired) electrons. The fourth-order valence-electron chi connectivity index (χ4n) is 9.50. The van der Waals surface area contributed by atoms with Gasteiger partial charge < -0.3 is 0 Å². The van der Waals surface area contributed by atoms with E-state index in [1.807, 2.05) is 0 Å². The van der Waals surface area contributed by atoms with Crippen LogP contribution in [0.25, 0.3) is 0 Å². The monoisotopic (exact) mass is 491 g/mol. The number of hydrogen-bond acceptors (Lipinski definition) is 3. The molecule has 4 saturated carbocycles. The third kappa shape index (κ3) is 5.74. The molecule has 4 rings (SSSR count). The summed E-state index contributed by atoms with van der Waals surface area (Å²) in [6, 6.07) is 0. The summed E-state index contributed by atoms with van der Waals surface area (Å²) >= 11 is 0. The van der Waals surface area contributed by atoms with E-state index in [0.29, 0.717) is 16.7 Å². The van der Waals surface area contributed by atoms with E-state index in [-0.39, 0.29) is 35.7 Å². The fourth-order valence-corrected chi connectivity index (χ4v) is 10.0. The van der Waals surface area contributed by atoms with Crippen molar-refractivity contribution in [2.24, 2.45) is 52.3 Å². The van der Waals surface area contributed by atoms with E-state index in [9.17, 15) is 8.42 Å². The van der Waals surface area contributed by atoms with Crippen LogP contribution in [-0.2, 0) is 14.6 Å². The average molecular weight is 492 g/mol. The van der Waals surface area contributed by atoms with E-state index in [0.717, 1.165) is 54.8 Å². The molecule has 0 aliphatic heterocycles. The molecule has 0 saturated heterocycles. The molecule has 0 aromatic carbocycles. The van der Waals surface area contributed by atoms with Gasteiger partial charge in [0.15, 0.2) is 0 Å². The Bertz CT molecular complexity index is 770. The third-order valence-electron chi connectivity index (χ3n) is 11.1. The van der Waals surface area contributed by atoms with Crippen molar-refractivity contribution in [3.05, 3.63) is 0 Å². The molecular formula is C27H48NaO4S. The van der Waals surface area contributed by atoms with Crippen molar-refractivity contribution >= 4 is 40.0 Å². The van der Waals surface area contributed by atoms with Gasteiger partial charge in [-0.2, -0.15) is 8.42 Å². The second-order valence-electron chi connectivity index (χ2n) is 13.1. The van der Waals surface area contributed by atoms with E-state index in [4.69, 9.17) is 8.74 Å². The van der Waals surface area contributed by atoms with Gasteiger partial charge in [-0.3, -0.25) is 4.55 Å². The average Bonchev–Trinajstić information content (AvgIpc) is 3.04. The molecule has 0 aromatic heterocycles. The Morgan fingerprint density at radius 1 is 0.909 bits per heavy atom. The normalized spacial score (nSPS) is 43.8. The van der Waals surface area contributed by atoms with Crippen LogP contribution in [-0.4, -0.2) is 48.6 Å². The van der Waals surface area contributed by atoms with Gasteiger partial charge in [0.1, 0.15) is 0 Å². The van der Waals surface area contributed by atoms with Crippen molar-refractivity contribution in [2.45, 2.75) is 118 Å². The van der Waals surface area contributed by atoms with Crippen LogP contribution in [0, 0.1) is 52.3 Å². The van der Waals surface area contributed by atoms with Crippen LogP contribution in [0.2, 0.25) is 0 Å². The summed E-state index contributed by atoms with van der Waals surface area (Å²) in [6.07, 6.45) is 14.5. The molecule has 4 nitrogen and oxygen atoms in total. The minimum Gasteiger partial charge on any atom is -0.264 e. The smallest absolute Gasteiger partial charge is 0.264 e. The molecule has 4 aliphatic rings. The maximum atomic E-state index is 11.2. The van der Waals surface area contributed by atoms with Gasteiger partial charge in [0.05, 0.1) is 6.10 Å². The van der Waals surface area contributed by atoms with Crippen molar-refractivity contribution in [1.82, 2.24) is 0 Å². The zero-order valence-electron chi connectivity index (χ0n) is 22.2. The zero-order chi connectivity index (χ0) is 23.3. The number of rotatable bonds is 7. The minimum absolute atomic E-state index is 0. The van der Waals surface area contributed by atoms with Gasteiger partial charge in [-0.05, 0) is 110 Å². The Morgan fingerprint density at radius 2 is 1.58 bits per heavy atom. The first-order valence-electron chi connectivity index (χ1n) is 13.6. The summed E-state index contributed by atoms with van der Waals surface area (Å²) in [5, 5.41) is 0. The van der Waals surface area contributed by atoms with Crippen LogP contribution in [0.15, 0.2) is 0 Å². The van der Waals surface area contributed by atoms with Gasteiger partial charge >= 0.3 is 10.4 Å². The fraction of sp³-hybridized carbons (Fsp3) is 1.00. The van der Waals surface area contributed by atoms with Gasteiger partial charge in [-0.1, -0.05) is 53.9 Å². The molecule has 33 heavy (non-hydrogen) atoms. The molecule has 4 aliphatic carbocycles. The van der Waals surface area contributed by atoms with Crippen molar-refractivity contribution in [1.29, 1.82) is 0 Å². The first-order chi connectivity index (χ1) is 14.9. The first kappa shape index (κ1) is 28.4. The summed E-state index contributed by atoms with van der Waals surface area (Å²) in [6.45, 7) is 12.4. The predicted molar refractivity (Wildman–Crippen MR) is 135 cm³/mol. The Labute approximate surface area is 226 Å². The molecule has 0 heterocycles. The van der Waals surface area contributed by atoms with Crippen LogP contribution in [0.4, 0.5) is 0 Å². The van der Waals surface area contributed by atoms with Gasteiger partial charge in [-0.25, -0.2) is 4.18 Å². The van der Waals surface area contributed by atoms with E-state index in [1.54, 1.807) is 0 Å². The van der Waals surface area contributed by atoms with Gasteiger partial charge in [0, 0.05) is 29.6 Å². The van der Waals surface area contributed by atoms with Crippen LogP contribution < -0.4 is 0 Å². The molecule has 0 aromatic rings. The van der Waals surface area contributed by atoms with Crippen molar-refractivity contribution in [3.63, 3.8) is 0 Å². The molecule has 6 heteroatoms. The topological polar surface area (TPSA) is 63.6 Å². The van der Waals surface area contributed by atoms with Gasteiger partial charge in [0.25, 0.3) is 0 Å². The minimum atomic E-state index is -4.35. The van der Waals surface area contributed by atoms with Gasteiger partial charge in [0.2, 0.25) is 0 Å². The van der Waals surface area contributed by atoms with E-state index in [2.05, 4.69) is 34.6 Å². The maximum absolute atomic E-state index is 11.2. The Balaban J connectivity index is 0.00000306. The van der Waals surface area contributed by atoms with E-state index < -0.39 is 10.4 Å². The van der Waals surface area contributed by atoms with E-state index >= 15 is 0 Å². The summed E-state index contributed by atoms with van der Waals surface area (Å²) in [4.78, 5) is 0. The molecule has 0 bridgehead atoms. The summed E-state index contributed by atoms with van der Waals surface area (Å²) in [7, 11) is -4.35. The standard InChI is InChI=1S/C27H48O4S.Na/c1-18(2)7-6-8-19(3)23-11-12-24-22-10-9-20-17-21(31-32(28,29)30)13-15-26(20,4)25(22)14-16-27(23,24)5;/h18-25H,6-17H2,1-5H3,(H,28,29,30);/t19-,20+,21?,22?,23?,24?,25?,26?,27?;/m1./s1. The Hall–Kier alpha value is 0.870. The number of hydrogen-bond donors (Lipinski definition) is 1. The molecule has 7 unspecified atom stereocenters. The van der Waals surface area contributed by atoms with Crippen LogP contribution >= 0.6 is 0 Å². The zero-order valence-corrected chi connectivity index (χ0v) is 25.0. The van der Waals surface area contributed by atoms with Crippen molar-refractivity contribution in [2.75, 3.05) is 0 Å². The van der Waals surface area contributed by atoms with Crippen LogP contribution in [0.3, 0.4) is 0 Å². The Morgan fingerprint density at radius 3 is 2.24 bits per heavy atom. The summed E-state index contributed by atoms with van der Waals surface area (Å²) < 4.78 is 36.6. The molecule has 9 atom stereocenters. The first-order valence-corrected chi connectivity index (χ1v) is 15.0. The third-order valence-corrected chi connectivity index (χ3v) is 11.6. The maximum Gasteiger partial charge on any atom is 0.397 e. The van der Waals surface area contributed by atoms with Crippen molar-refractivity contribution < 1.29 is 17.2 Å². The molecular weight excluding hydrogens is 443 g/mol. The molecule has 0 spiro atoms. The molecule has 0 amide bonds. The van der Waals surface area contributed by atoms with Crippen LogP contribution in [0.1, 0.15) is 112 Å². The molecule has 4 fully saturated rings. The van der Waals surface area contributed by atoms with Crippen LogP contribution in [0.5, 0.6) is 0 Å². The summed E-state index contributed by atoms with van der Waals surface area (Å²) in [5.74, 6) is 5.59. The van der Waals surface area contributed by atoms with Crippen molar-refractivity contribution in [3.8, 4) is 0 Å². The van der Waals surface area contributed by atoms with Gasteiger partial charge in [-0.15, -0.1) is 0 Å². The number of fused-ring (bicyclic) bond motifs is 5. The second-order valence-corrected chi connectivity index (χ2v) is 14.2. The summed E-state index contributed by atoms with van der Waals surface area (Å²) in [5.41, 5.74) is 0.831. The SMILES string of the molecule is CC(C)CCC[C@@H](C)C1CCC2C3CC[C@H]4CC(OS(=O)(=O)O)CCC4(C)C3CCC21C.[Na]. The largest absolute Gasteiger partial charge is 0.397 e.